The Balaban J connectivity index is 2.34. The van der Waals surface area contributed by atoms with E-state index in [1.807, 2.05) is 32.9 Å². The largest absolute Gasteiger partial charge is 0.464 e. The molecule has 1 unspecified atom stereocenters. The molecule has 1 atom stereocenters. The highest BCUT2D eigenvalue weighted by Crippen LogP contribution is 2.20. The molecule has 0 saturated heterocycles. The summed E-state index contributed by atoms with van der Waals surface area (Å²) in [6, 6.07) is 3.53. The maximum Gasteiger partial charge on any atom is 0.330 e. The zero-order chi connectivity index (χ0) is 14.0. The van der Waals surface area contributed by atoms with Crippen LogP contribution in [0.1, 0.15) is 37.4 Å². The number of benzene rings is 1. The summed E-state index contributed by atoms with van der Waals surface area (Å²) < 4.78 is 6.78. The second-order valence-electron chi connectivity index (χ2n) is 4.80. The van der Waals surface area contributed by atoms with Gasteiger partial charge in [0.05, 0.1) is 12.1 Å². The third-order valence-electron chi connectivity index (χ3n) is 3.24. The van der Waals surface area contributed by atoms with Crippen molar-refractivity contribution >= 4 is 17.0 Å². The van der Waals surface area contributed by atoms with Crippen LogP contribution < -0.4 is 0 Å². The number of carbonyl (C=O) groups excluding carboxylic acids is 1. The first-order valence-corrected chi connectivity index (χ1v) is 6.53. The van der Waals surface area contributed by atoms with Crippen molar-refractivity contribution in [1.29, 1.82) is 0 Å². The van der Waals surface area contributed by atoms with Gasteiger partial charge in [-0.1, -0.05) is 12.1 Å². The summed E-state index contributed by atoms with van der Waals surface area (Å²) in [4.78, 5) is 11.9. The number of rotatable bonds is 4. The molecule has 0 spiro atoms. The van der Waals surface area contributed by atoms with Gasteiger partial charge in [0.15, 0.2) is 0 Å². The molecular weight excluding hydrogens is 242 g/mol. The highest BCUT2D eigenvalue weighted by Gasteiger charge is 2.20. The second-order valence-corrected chi connectivity index (χ2v) is 4.80. The number of aryl methyl sites for hydroxylation is 2. The molecule has 2 aromatic rings. The Kier molecular flexibility index (Phi) is 3.83. The maximum atomic E-state index is 11.9. The topological polar surface area (TPSA) is 57.0 Å². The van der Waals surface area contributed by atoms with Crippen LogP contribution >= 0.6 is 0 Å². The Morgan fingerprint density at radius 3 is 2.74 bits per heavy atom. The monoisotopic (exact) mass is 261 g/mol. The second kappa shape index (κ2) is 5.38. The van der Waals surface area contributed by atoms with Gasteiger partial charge in [0, 0.05) is 0 Å². The summed E-state index contributed by atoms with van der Waals surface area (Å²) in [6.45, 7) is 8.25. The number of esters is 1. The van der Waals surface area contributed by atoms with Gasteiger partial charge < -0.3 is 4.74 Å². The molecule has 2 rings (SSSR count). The molecule has 0 N–H and O–H groups in total. The molecule has 19 heavy (non-hydrogen) atoms. The van der Waals surface area contributed by atoms with Crippen LogP contribution in [-0.2, 0) is 9.53 Å². The van der Waals surface area contributed by atoms with Crippen molar-refractivity contribution in [2.24, 2.45) is 0 Å². The third-order valence-corrected chi connectivity index (χ3v) is 3.24. The molecule has 5 nitrogen and oxygen atoms in total. The summed E-state index contributed by atoms with van der Waals surface area (Å²) in [5.41, 5.74) is 3.99. The highest BCUT2D eigenvalue weighted by molar-refractivity contribution is 5.80. The number of ether oxygens (including phenoxy) is 1. The molecule has 1 aromatic carbocycles. The molecule has 0 aliphatic heterocycles. The number of hydrogen-bond donors (Lipinski definition) is 0. The fraction of sp³-hybridized carbons (Fsp3) is 0.500. The smallest absolute Gasteiger partial charge is 0.330 e. The molecule has 0 radical (unpaired) electrons. The molecule has 1 heterocycles. The van der Waals surface area contributed by atoms with E-state index < -0.39 is 6.04 Å². The zero-order valence-electron chi connectivity index (χ0n) is 11.8. The van der Waals surface area contributed by atoms with Crippen molar-refractivity contribution in [3.8, 4) is 0 Å². The summed E-state index contributed by atoms with van der Waals surface area (Å²) >= 11 is 0. The van der Waals surface area contributed by atoms with Gasteiger partial charge in [-0.05, 0) is 50.5 Å². The van der Waals surface area contributed by atoms with E-state index in [4.69, 9.17) is 4.74 Å². The Morgan fingerprint density at radius 1 is 1.37 bits per heavy atom. The Morgan fingerprint density at radius 2 is 2.05 bits per heavy atom. The predicted molar refractivity (Wildman–Crippen MR) is 73.0 cm³/mol. The first-order valence-electron chi connectivity index (χ1n) is 6.53. The average Bonchev–Trinajstić information content (AvgIpc) is 2.78. The molecule has 0 fully saturated rings. The molecule has 0 aliphatic carbocycles. The number of hydrogen-bond acceptors (Lipinski definition) is 4. The lowest BCUT2D eigenvalue weighted by Crippen LogP contribution is -2.20. The van der Waals surface area contributed by atoms with E-state index in [1.165, 1.54) is 5.56 Å². The summed E-state index contributed by atoms with van der Waals surface area (Å²) in [5, 5.41) is 8.18. The fourth-order valence-corrected chi connectivity index (χ4v) is 1.90. The Labute approximate surface area is 112 Å². The lowest BCUT2D eigenvalue weighted by Gasteiger charge is -2.12. The van der Waals surface area contributed by atoms with Crippen molar-refractivity contribution in [3.05, 3.63) is 23.3 Å². The van der Waals surface area contributed by atoms with Crippen LogP contribution in [0.15, 0.2) is 12.1 Å². The van der Waals surface area contributed by atoms with Gasteiger partial charge in [-0.25, -0.2) is 9.48 Å². The van der Waals surface area contributed by atoms with Crippen LogP contribution in [-0.4, -0.2) is 27.6 Å². The first kappa shape index (κ1) is 13.5. The quantitative estimate of drug-likeness (QED) is 0.794. The van der Waals surface area contributed by atoms with Crippen LogP contribution in [0.3, 0.4) is 0 Å². The fourth-order valence-electron chi connectivity index (χ4n) is 1.90. The first-order chi connectivity index (χ1) is 9.04. The zero-order valence-corrected chi connectivity index (χ0v) is 11.8. The third kappa shape index (κ3) is 2.59. The molecular formula is C14H19N3O2. The molecule has 0 aliphatic rings. The van der Waals surface area contributed by atoms with Gasteiger partial charge in [0.1, 0.15) is 11.6 Å². The normalized spacial score (nSPS) is 12.6. The minimum atomic E-state index is -0.460. The number of nitrogens with zero attached hydrogens (tertiary/aromatic N) is 3. The predicted octanol–water partition coefficient (Wildman–Crippen LogP) is 2.56. The van der Waals surface area contributed by atoms with Crippen LogP contribution in [0.2, 0.25) is 0 Å². The molecule has 1 aromatic heterocycles. The minimum absolute atomic E-state index is 0.271. The van der Waals surface area contributed by atoms with E-state index in [0.29, 0.717) is 6.61 Å². The van der Waals surface area contributed by atoms with E-state index in [-0.39, 0.29) is 5.97 Å². The molecule has 102 valence electrons. The van der Waals surface area contributed by atoms with Crippen molar-refractivity contribution in [2.75, 3.05) is 6.61 Å². The van der Waals surface area contributed by atoms with Gasteiger partial charge in [-0.15, -0.1) is 5.10 Å². The molecule has 0 saturated carbocycles. The van der Waals surface area contributed by atoms with E-state index in [2.05, 4.69) is 10.3 Å². The lowest BCUT2D eigenvalue weighted by atomic mass is 10.1. The Hall–Kier alpha value is -1.91. The SMILES string of the molecule is CCCOC(=O)C(C)n1nnc2cc(C)c(C)cc21. The summed E-state index contributed by atoms with van der Waals surface area (Å²) in [6.07, 6.45) is 0.814. The summed E-state index contributed by atoms with van der Waals surface area (Å²) in [7, 11) is 0. The van der Waals surface area contributed by atoms with Crippen LogP contribution in [0.4, 0.5) is 0 Å². The molecule has 0 amide bonds. The highest BCUT2D eigenvalue weighted by atomic mass is 16.5. The van der Waals surface area contributed by atoms with E-state index in [0.717, 1.165) is 23.0 Å². The molecule has 0 bridgehead atoms. The van der Waals surface area contributed by atoms with Crippen LogP contribution in [0.5, 0.6) is 0 Å². The van der Waals surface area contributed by atoms with Gasteiger partial charge >= 0.3 is 5.97 Å². The van der Waals surface area contributed by atoms with Gasteiger partial charge in [-0.3, -0.25) is 0 Å². The van der Waals surface area contributed by atoms with E-state index >= 15 is 0 Å². The Bertz CT molecular complexity index is 604. The van der Waals surface area contributed by atoms with Crippen molar-refractivity contribution in [1.82, 2.24) is 15.0 Å². The molecule has 5 heteroatoms. The standard InChI is InChI=1S/C14H19N3O2/c1-5-6-19-14(18)11(4)17-13-8-10(3)9(2)7-12(13)15-16-17/h7-8,11H,5-6H2,1-4H3. The average molecular weight is 261 g/mol. The number of carbonyl (C=O) groups is 1. The van der Waals surface area contributed by atoms with Crippen molar-refractivity contribution in [3.63, 3.8) is 0 Å². The lowest BCUT2D eigenvalue weighted by molar-refractivity contribution is -0.147. The van der Waals surface area contributed by atoms with Crippen molar-refractivity contribution in [2.45, 2.75) is 40.2 Å². The van der Waals surface area contributed by atoms with Crippen molar-refractivity contribution < 1.29 is 9.53 Å². The van der Waals surface area contributed by atoms with E-state index in [9.17, 15) is 4.79 Å². The van der Waals surface area contributed by atoms with Gasteiger partial charge in [-0.2, -0.15) is 0 Å². The number of fused-ring (bicyclic) bond motifs is 1. The number of aromatic nitrogens is 3. The van der Waals surface area contributed by atoms with Gasteiger partial charge in [0.2, 0.25) is 0 Å². The summed E-state index contributed by atoms with van der Waals surface area (Å²) in [5.74, 6) is -0.271. The maximum absolute atomic E-state index is 11.9. The minimum Gasteiger partial charge on any atom is -0.464 e. The van der Waals surface area contributed by atoms with Crippen LogP contribution in [0.25, 0.3) is 11.0 Å². The van der Waals surface area contributed by atoms with Crippen LogP contribution in [0, 0.1) is 13.8 Å². The van der Waals surface area contributed by atoms with E-state index in [1.54, 1.807) is 11.6 Å². The van der Waals surface area contributed by atoms with Gasteiger partial charge in [0.25, 0.3) is 0 Å².